The minimum atomic E-state index is -0.662. The van der Waals surface area contributed by atoms with Crippen LogP contribution in [0.15, 0.2) is 24.3 Å². The van der Waals surface area contributed by atoms with Gasteiger partial charge in [-0.05, 0) is 37.8 Å². The van der Waals surface area contributed by atoms with Gasteiger partial charge in [-0.3, -0.25) is 14.5 Å². The van der Waals surface area contributed by atoms with Crippen LogP contribution in [0.3, 0.4) is 0 Å². The maximum absolute atomic E-state index is 13.1. The zero-order valence-electron chi connectivity index (χ0n) is 12.7. The monoisotopic (exact) mass is 286 g/mol. The predicted octanol–water partition coefficient (Wildman–Crippen LogP) is 2.55. The van der Waals surface area contributed by atoms with Crippen LogP contribution in [0.25, 0.3) is 0 Å². The Morgan fingerprint density at radius 2 is 1.90 bits per heavy atom. The van der Waals surface area contributed by atoms with Gasteiger partial charge in [0.25, 0.3) is 5.91 Å². The molecule has 21 heavy (non-hydrogen) atoms. The van der Waals surface area contributed by atoms with E-state index < -0.39 is 11.6 Å². The van der Waals surface area contributed by atoms with Crippen molar-refractivity contribution in [3.05, 3.63) is 29.8 Å². The van der Waals surface area contributed by atoms with Gasteiger partial charge < -0.3 is 5.32 Å². The number of rotatable bonds is 2. The highest BCUT2D eigenvalue weighted by Crippen LogP contribution is 2.37. The molecule has 1 N–H and O–H groups in total. The third kappa shape index (κ3) is 2.13. The van der Waals surface area contributed by atoms with E-state index in [4.69, 9.17) is 0 Å². The molecule has 1 aromatic rings. The minimum absolute atomic E-state index is 0.0118. The topological polar surface area (TPSA) is 49.4 Å². The van der Waals surface area contributed by atoms with Crippen molar-refractivity contribution >= 4 is 17.5 Å². The zero-order valence-corrected chi connectivity index (χ0v) is 12.7. The molecular formula is C17H22N2O2. The fourth-order valence-corrected chi connectivity index (χ4v) is 3.66. The number of hydrogen-bond donors (Lipinski definition) is 1. The fourth-order valence-electron chi connectivity index (χ4n) is 3.66. The van der Waals surface area contributed by atoms with Gasteiger partial charge in [0, 0.05) is 5.69 Å². The first-order chi connectivity index (χ1) is 10.1. The van der Waals surface area contributed by atoms with Crippen molar-refractivity contribution in [2.45, 2.75) is 57.5 Å². The Labute approximate surface area is 125 Å². The van der Waals surface area contributed by atoms with Gasteiger partial charge >= 0.3 is 0 Å². The standard InChI is InChI=1S/C17H22N2O2/c1-3-13-15(20)18-17(10-6-7-11-17)16(21)19(13)14-9-5-4-8-12(14)2/h4-5,8-9,13H,3,6-7,10-11H2,1-2H3,(H,18,20). The Kier molecular flexibility index (Phi) is 3.47. The van der Waals surface area contributed by atoms with Gasteiger partial charge in [0.1, 0.15) is 11.6 Å². The Morgan fingerprint density at radius 3 is 2.52 bits per heavy atom. The van der Waals surface area contributed by atoms with Crippen LogP contribution in [0.1, 0.15) is 44.6 Å². The highest BCUT2D eigenvalue weighted by Gasteiger charge is 2.52. The number of piperazine rings is 1. The molecule has 2 fully saturated rings. The first-order valence-corrected chi connectivity index (χ1v) is 7.80. The third-order valence-corrected chi connectivity index (χ3v) is 4.82. The SMILES string of the molecule is CCC1C(=O)NC2(CCCC2)C(=O)N1c1ccccc1C. The van der Waals surface area contributed by atoms with Crippen molar-refractivity contribution in [1.82, 2.24) is 5.32 Å². The second-order valence-corrected chi connectivity index (χ2v) is 6.16. The summed E-state index contributed by atoms with van der Waals surface area (Å²) in [4.78, 5) is 27.4. The number of amides is 2. The number of hydrogen-bond acceptors (Lipinski definition) is 2. The van der Waals surface area contributed by atoms with Gasteiger partial charge in [-0.15, -0.1) is 0 Å². The van der Waals surface area contributed by atoms with E-state index in [0.717, 1.165) is 36.9 Å². The summed E-state index contributed by atoms with van der Waals surface area (Å²) in [5, 5.41) is 3.03. The number of carbonyl (C=O) groups is 2. The van der Waals surface area contributed by atoms with Crippen molar-refractivity contribution in [2.24, 2.45) is 0 Å². The number of carbonyl (C=O) groups excluding carboxylic acids is 2. The van der Waals surface area contributed by atoms with Crippen molar-refractivity contribution in [3.63, 3.8) is 0 Å². The Hall–Kier alpha value is -1.84. The smallest absolute Gasteiger partial charge is 0.253 e. The molecule has 112 valence electrons. The van der Waals surface area contributed by atoms with Crippen LogP contribution in [0.5, 0.6) is 0 Å². The molecular weight excluding hydrogens is 264 g/mol. The summed E-state index contributed by atoms with van der Waals surface area (Å²) in [5.41, 5.74) is 1.24. The molecule has 0 aromatic heterocycles. The predicted molar refractivity (Wildman–Crippen MR) is 82.1 cm³/mol. The molecule has 1 unspecified atom stereocenters. The summed E-state index contributed by atoms with van der Waals surface area (Å²) in [6.45, 7) is 3.94. The van der Waals surface area contributed by atoms with Crippen LogP contribution in [0.4, 0.5) is 5.69 Å². The van der Waals surface area contributed by atoms with E-state index in [9.17, 15) is 9.59 Å². The van der Waals surface area contributed by atoms with E-state index >= 15 is 0 Å². The highest BCUT2D eigenvalue weighted by atomic mass is 16.2. The lowest BCUT2D eigenvalue weighted by atomic mass is 9.89. The van der Waals surface area contributed by atoms with Gasteiger partial charge in [-0.1, -0.05) is 38.0 Å². The maximum atomic E-state index is 13.1. The molecule has 4 heteroatoms. The number of para-hydroxylation sites is 1. The van der Waals surface area contributed by atoms with Crippen LogP contribution in [0, 0.1) is 6.92 Å². The van der Waals surface area contributed by atoms with Crippen LogP contribution in [-0.2, 0) is 9.59 Å². The average molecular weight is 286 g/mol. The lowest BCUT2D eigenvalue weighted by Gasteiger charge is -2.44. The molecule has 4 nitrogen and oxygen atoms in total. The molecule has 1 aliphatic carbocycles. The van der Waals surface area contributed by atoms with Gasteiger partial charge in [0.05, 0.1) is 0 Å². The van der Waals surface area contributed by atoms with Gasteiger partial charge in [0.15, 0.2) is 0 Å². The fraction of sp³-hybridized carbons (Fsp3) is 0.529. The largest absolute Gasteiger partial charge is 0.340 e. The molecule has 1 spiro atoms. The van der Waals surface area contributed by atoms with E-state index in [1.165, 1.54) is 0 Å². The number of nitrogens with one attached hydrogen (secondary N) is 1. The summed E-state index contributed by atoms with van der Waals surface area (Å²) < 4.78 is 0. The van der Waals surface area contributed by atoms with Gasteiger partial charge in [0.2, 0.25) is 5.91 Å². The number of anilines is 1. The average Bonchev–Trinajstić information content (AvgIpc) is 2.93. The Balaban J connectivity index is 2.07. The molecule has 1 saturated heterocycles. The molecule has 3 rings (SSSR count). The number of nitrogens with zero attached hydrogens (tertiary/aromatic N) is 1. The molecule has 1 aliphatic heterocycles. The Bertz CT molecular complexity index is 576. The lowest BCUT2D eigenvalue weighted by molar-refractivity contribution is -0.138. The molecule has 0 bridgehead atoms. The van der Waals surface area contributed by atoms with Crippen molar-refractivity contribution in [3.8, 4) is 0 Å². The summed E-state index contributed by atoms with van der Waals surface area (Å²) in [5.74, 6) is 0.0583. The second kappa shape index (κ2) is 5.17. The second-order valence-electron chi connectivity index (χ2n) is 6.16. The summed E-state index contributed by atoms with van der Waals surface area (Å²) in [6.07, 6.45) is 4.16. The van der Waals surface area contributed by atoms with E-state index in [1.807, 2.05) is 38.1 Å². The van der Waals surface area contributed by atoms with E-state index in [0.29, 0.717) is 6.42 Å². The Morgan fingerprint density at radius 1 is 1.24 bits per heavy atom. The lowest BCUT2D eigenvalue weighted by Crippen LogP contribution is -2.69. The minimum Gasteiger partial charge on any atom is -0.340 e. The summed E-state index contributed by atoms with van der Waals surface area (Å²) >= 11 is 0. The van der Waals surface area contributed by atoms with Gasteiger partial charge in [-0.2, -0.15) is 0 Å². The van der Waals surface area contributed by atoms with Crippen molar-refractivity contribution in [2.75, 3.05) is 4.90 Å². The van der Waals surface area contributed by atoms with E-state index in [2.05, 4.69) is 5.32 Å². The molecule has 1 heterocycles. The van der Waals surface area contributed by atoms with Crippen LogP contribution < -0.4 is 10.2 Å². The molecule has 2 amide bonds. The highest BCUT2D eigenvalue weighted by molar-refractivity contribution is 6.11. The van der Waals surface area contributed by atoms with Crippen molar-refractivity contribution < 1.29 is 9.59 Å². The molecule has 1 saturated carbocycles. The molecule has 1 atom stereocenters. The summed E-state index contributed by atoms with van der Waals surface area (Å²) in [6, 6.07) is 7.42. The third-order valence-electron chi connectivity index (χ3n) is 4.82. The first kappa shape index (κ1) is 14.1. The molecule has 0 radical (unpaired) electrons. The van der Waals surface area contributed by atoms with E-state index in [1.54, 1.807) is 4.90 Å². The van der Waals surface area contributed by atoms with Crippen LogP contribution in [0.2, 0.25) is 0 Å². The number of benzene rings is 1. The van der Waals surface area contributed by atoms with Crippen LogP contribution in [-0.4, -0.2) is 23.4 Å². The van der Waals surface area contributed by atoms with Crippen molar-refractivity contribution in [1.29, 1.82) is 0 Å². The summed E-state index contributed by atoms with van der Waals surface area (Å²) in [7, 11) is 0. The maximum Gasteiger partial charge on any atom is 0.253 e. The molecule has 1 aromatic carbocycles. The zero-order chi connectivity index (χ0) is 15.0. The van der Waals surface area contributed by atoms with Gasteiger partial charge in [-0.25, -0.2) is 0 Å². The normalized spacial score (nSPS) is 24.5. The first-order valence-electron chi connectivity index (χ1n) is 7.80. The van der Waals surface area contributed by atoms with E-state index in [-0.39, 0.29) is 11.8 Å². The number of aryl methyl sites for hydroxylation is 1. The quantitative estimate of drug-likeness (QED) is 0.908. The van der Waals surface area contributed by atoms with Crippen LogP contribution >= 0.6 is 0 Å². The molecule has 2 aliphatic rings.